The Kier molecular flexibility index (Phi) is 5.65. The first kappa shape index (κ1) is 20.9. The minimum absolute atomic E-state index is 0.166. The number of aromatic nitrogens is 3. The summed E-state index contributed by atoms with van der Waals surface area (Å²) in [5.74, 6) is 0.0180. The molecule has 4 rings (SSSR count). The van der Waals surface area contributed by atoms with Crippen molar-refractivity contribution in [3.05, 3.63) is 75.7 Å². The summed E-state index contributed by atoms with van der Waals surface area (Å²) >= 11 is 1.22. The van der Waals surface area contributed by atoms with E-state index in [-0.39, 0.29) is 17.4 Å². The van der Waals surface area contributed by atoms with E-state index in [0.717, 1.165) is 16.8 Å². The third kappa shape index (κ3) is 4.25. The molecular weight excluding hydrogens is 412 g/mol. The fraction of sp³-hybridized carbons (Fsp3) is 0.217. The van der Waals surface area contributed by atoms with Crippen molar-refractivity contribution in [3.63, 3.8) is 0 Å². The second-order valence-corrected chi connectivity index (χ2v) is 8.73. The fourth-order valence-corrected chi connectivity index (χ4v) is 4.14. The molecule has 1 atom stereocenters. The normalized spacial score (nSPS) is 12.1. The number of aryl methyl sites for hydroxylation is 3. The van der Waals surface area contributed by atoms with E-state index >= 15 is 0 Å². The molecule has 0 aliphatic heterocycles. The molecule has 0 saturated carbocycles. The number of carbonyl (C=O) groups is 1. The third-order valence-electron chi connectivity index (χ3n) is 4.88. The van der Waals surface area contributed by atoms with E-state index in [1.54, 1.807) is 36.6 Å². The number of nitrogens with one attached hydrogen (secondary N) is 1. The summed E-state index contributed by atoms with van der Waals surface area (Å²) in [6.45, 7) is 7.47. The lowest BCUT2D eigenvalue weighted by atomic mass is 10.1. The number of hydrogen-bond acceptors (Lipinski definition) is 6. The van der Waals surface area contributed by atoms with Crippen molar-refractivity contribution in [2.24, 2.45) is 0 Å². The standard InChI is InChI=1S/C23H22N4O3S/c1-13-9-10-14(2)19(11-13)27-22(29)17-7-5-6-8-18(17)24-23(27)31-16(4)21(28)25-20-12-15(3)26-30-20/h5-12,16H,1-4H3,(H,25,28). The predicted octanol–water partition coefficient (Wildman–Crippen LogP) is 4.42. The average molecular weight is 435 g/mol. The van der Waals surface area contributed by atoms with Crippen LogP contribution in [0.4, 0.5) is 5.88 Å². The number of benzene rings is 2. The molecule has 1 N–H and O–H groups in total. The van der Waals surface area contributed by atoms with Gasteiger partial charge in [-0.1, -0.05) is 41.2 Å². The summed E-state index contributed by atoms with van der Waals surface area (Å²) in [5, 5.41) is 6.94. The van der Waals surface area contributed by atoms with E-state index in [1.807, 2.05) is 44.2 Å². The molecule has 2 aromatic carbocycles. The zero-order valence-electron chi connectivity index (χ0n) is 17.7. The number of hydrogen-bond donors (Lipinski definition) is 1. The Bertz CT molecular complexity index is 1340. The number of thioether (sulfide) groups is 1. The summed E-state index contributed by atoms with van der Waals surface area (Å²) in [7, 11) is 0. The Morgan fingerprint density at radius 3 is 2.65 bits per heavy atom. The summed E-state index contributed by atoms with van der Waals surface area (Å²) in [6, 6.07) is 14.8. The highest BCUT2D eigenvalue weighted by molar-refractivity contribution is 8.00. The number of rotatable bonds is 5. The van der Waals surface area contributed by atoms with Crippen LogP contribution in [0.15, 0.2) is 63.0 Å². The van der Waals surface area contributed by atoms with Crippen LogP contribution in [0.2, 0.25) is 0 Å². The molecule has 2 heterocycles. The van der Waals surface area contributed by atoms with Gasteiger partial charge in [0.1, 0.15) is 0 Å². The number of amides is 1. The van der Waals surface area contributed by atoms with Crippen LogP contribution in [0.5, 0.6) is 0 Å². The van der Waals surface area contributed by atoms with E-state index < -0.39 is 5.25 Å². The van der Waals surface area contributed by atoms with Crippen LogP contribution in [-0.4, -0.2) is 25.9 Å². The summed E-state index contributed by atoms with van der Waals surface area (Å²) in [5.41, 5.74) is 3.83. The molecule has 0 aliphatic rings. The quantitative estimate of drug-likeness (QED) is 0.369. The first-order valence-corrected chi connectivity index (χ1v) is 10.7. The predicted molar refractivity (Wildman–Crippen MR) is 122 cm³/mol. The molecule has 0 saturated heterocycles. The maximum atomic E-state index is 13.4. The molecule has 7 nitrogen and oxygen atoms in total. The Morgan fingerprint density at radius 2 is 1.90 bits per heavy atom. The van der Waals surface area contributed by atoms with Gasteiger partial charge in [0.05, 0.1) is 27.5 Å². The Labute approximate surface area is 183 Å². The largest absolute Gasteiger partial charge is 0.338 e. The van der Waals surface area contributed by atoms with E-state index in [2.05, 4.69) is 10.5 Å². The molecule has 1 unspecified atom stereocenters. The first-order valence-electron chi connectivity index (χ1n) is 9.84. The van der Waals surface area contributed by atoms with E-state index in [0.29, 0.717) is 21.8 Å². The van der Waals surface area contributed by atoms with Crippen LogP contribution in [0.3, 0.4) is 0 Å². The van der Waals surface area contributed by atoms with Crippen molar-refractivity contribution in [1.82, 2.24) is 14.7 Å². The molecule has 31 heavy (non-hydrogen) atoms. The second kappa shape index (κ2) is 8.39. The fourth-order valence-electron chi connectivity index (χ4n) is 3.22. The highest BCUT2D eigenvalue weighted by atomic mass is 32.2. The zero-order chi connectivity index (χ0) is 22.1. The topological polar surface area (TPSA) is 90.0 Å². The minimum atomic E-state index is -0.533. The molecule has 0 radical (unpaired) electrons. The highest BCUT2D eigenvalue weighted by Gasteiger charge is 2.22. The molecule has 2 aromatic heterocycles. The third-order valence-corrected chi connectivity index (χ3v) is 5.93. The SMILES string of the molecule is Cc1ccc(C)c(-n2c(SC(C)C(=O)Nc3cc(C)no3)nc3ccccc3c2=O)c1. The maximum absolute atomic E-state index is 13.4. The van der Waals surface area contributed by atoms with Crippen LogP contribution in [0, 0.1) is 20.8 Å². The van der Waals surface area contributed by atoms with Gasteiger partial charge in [-0.2, -0.15) is 0 Å². The Balaban J connectivity index is 1.78. The van der Waals surface area contributed by atoms with Crippen molar-refractivity contribution in [1.29, 1.82) is 0 Å². The molecule has 0 aliphatic carbocycles. The van der Waals surface area contributed by atoms with Crippen molar-refractivity contribution >= 4 is 34.5 Å². The number of para-hydroxylation sites is 1. The van der Waals surface area contributed by atoms with Gasteiger partial charge < -0.3 is 4.52 Å². The van der Waals surface area contributed by atoms with Crippen molar-refractivity contribution in [2.75, 3.05) is 5.32 Å². The summed E-state index contributed by atoms with van der Waals surface area (Å²) < 4.78 is 6.67. The van der Waals surface area contributed by atoms with Crippen LogP contribution >= 0.6 is 11.8 Å². The second-order valence-electron chi connectivity index (χ2n) is 7.42. The summed E-state index contributed by atoms with van der Waals surface area (Å²) in [6.07, 6.45) is 0. The van der Waals surface area contributed by atoms with Gasteiger partial charge in [0.25, 0.3) is 5.56 Å². The number of nitrogens with zero attached hydrogens (tertiary/aromatic N) is 3. The van der Waals surface area contributed by atoms with Gasteiger partial charge in [-0.05, 0) is 57.0 Å². The van der Waals surface area contributed by atoms with Gasteiger partial charge in [-0.25, -0.2) is 4.98 Å². The first-order chi connectivity index (χ1) is 14.8. The van der Waals surface area contributed by atoms with Gasteiger partial charge in [0.2, 0.25) is 11.8 Å². The average Bonchev–Trinajstić information content (AvgIpc) is 3.15. The highest BCUT2D eigenvalue weighted by Crippen LogP contribution is 2.27. The van der Waals surface area contributed by atoms with Gasteiger partial charge in [0.15, 0.2) is 5.16 Å². The molecule has 0 fully saturated rings. The van der Waals surface area contributed by atoms with Crippen molar-refractivity contribution in [2.45, 2.75) is 38.1 Å². The van der Waals surface area contributed by atoms with Gasteiger partial charge in [0, 0.05) is 6.07 Å². The van der Waals surface area contributed by atoms with Gasteiger partial charge in [-0.3, -0.25) is 19.5 Å². The van der Waals surface area contributed by atoms with Gasteiger partial charge >= 0.3 is 0 Å². The molecule has 4 aromatic rings. The van der Waals surface area contributed by atoms with E-state index in [9.17, 15) is 9.59 Å². The zero-order valence-corrected chi connectivity index (χ0v) is 18.5. The number of fused-ring (bicyclic) bond motifs is 1. The van der Waals surface area contributed by atoms with Crippen molar-refractivity contribution in [3.8, 4) is 5.69 Å². The Morgan fingerprint density at radius 1 is 1.13 bits per heavy atom. The molecule has 158 valence electrons. The maximum Gasteiger partial charge on any atom is 0.266 e. The number of carbonyl (C=O) groups excluding carboxylic acids is 1. The lowest BCUT2D eigenvalue weighted by Crippen LogP contribution is -2.26. The minimum Gasteiger partial charge on any atom is -0.338 e. The van der Waals surface area contributed by atoms with Crippen LogP contribution in [0.25, 0.3) is 16.6 Å². The summed E-state index contributed by atoms with van der Waals surface area (Å²) in [4.78, 5) is 30.9. The smallest absolute Gasteiger partial charge is 0.266 e. The molecular formula is C23H22N4O3S. The van der Waals surface area contributed by atoms with Crippen LogP contribution in [0.1, 0.15) is 23.7 Å². The molecule has 8 heteroatoms. The van der Waals surface area contributed by atoms with Gasteiger partial charge in [-0.15, -0.1) is 0 Å². The number of anilines is 1. The van der Waals surface area contributed by atoms with E-state index in [1.165, 1.54) is 11.8 Å². The Hall–Kier alpha value is -3.39. The van der Waals surface area contributed by atoms with Crippen LogP contribution in [-0.2, 0) is 4.79 Å². The monoisotopic (exact) mass is 434 g/mol. The lowest BCUT2D eigenvalue weighted by molar-refractivity contribution is -0.115. The molecule has 1 amide bonds. The van der Waals surface area contributed by atoms with Crippen LogP contribution < -0.4 is 10.9 Å². The lowest BCUT2D eigenvalue weighted by Gasteiger charge is -2.17. The molecule has 0 spiro atoms. The molecule has 0 bridgehead atoms. The van der Waals surface area contributed by atoms with Crippen molar-refractivity contribution < 1.29 is 9.32 Å². The van der Waals surface area contributed by atoms with E-state index in [4.69, 9.17) is 9.51 Å².